The van der Waals surface area contributed by atoms with Crippen LogP contribution in [0.15, 0.2) is 267 Å². The van der Waals surface area contributed by atoms with Crippen molar-refractivity contribution in [2.45, 2.75) is 160 Å². The maximum absolute atomic E-state index is 8.79. The van der Waals surface area contributed by atoms with Gasteiger partial charge in [0.2, 0.25) is 22.8 Å². The smallest absolute Gasteiger partial charge is 0.200 e. The SMILES string of the molecule is Cc1ccccc1-c1ccc(-c2ccc(C3CCCC3)cc2)c[n+]1C.Cc1ccccc1-c1ccc(-c2cccc(C3CCCCC3)c2)c[n+]1C.[2H]C1(c2ccc(-c3ccc(-c4ccccc4C)[n+](C)c3)cc2)CCCC1.[2H]C1(c2cccc(-c3ccc(-c4ccccc4C)[n+](C)c3)c2)CCCC1. The van der Waals surface area contributed by atoms with Crippen LogP contribution in [0.4, 0.5) is 0 Å². The van der Waals surface area contributed by atoms with Crippen LogP contribution in [0, 0.1) is 27.7 Å². The summed E-state index contributed by atoms with van der Waals surface area (Å²) in [4.78, 5) is 0. The van der Waals surface area contributed by atoms with Crippen LogP contribution in [0.1, 0.15) is 180 Å². The summed E-state index contributed by atoms with van der Waals surface area (Å²) in [5.74, 6) is 0.786. The van der Waals surface area contributed by atoms with E-state index in [4.69, 9.17) is 2.74 Å². The molecule has 16 rings (SSSR count). The number of hydrogen-bond donors (Lipinski definition) is 0. The van der Waals surface area contributed by atoms with E-state index in [2.05, 4.69) is 342 Å². The molecule has 12 aromatic rings. The predicted molar refractivity (Wildman–Crippen MR) is 422 cm³/mol. The third kappa shape index (κ3) is 17.1. The highest BCUT2D eigenvalue weighted by Crippen LogP contribution is 2.40. The Hall–Kier alpha value is -9.64. The van der Waals surface area contributed by atoms with Gasteiger partial charge in [-0.05, 0) is 218 Å². The van der Waals surface area contributed by atoms with E-state index in [-0.39, 0.29) is 11.8 Å². The quantitative estimate of drug-likeness (QED) is 0.108. The highest BCUT2D eigenvalue weighted by atomic mass is 14.9. The van der Waals surface area contributed by atoms with Gasteiger partial charge in [0.05, 0.1) is 0 Å². The molecule has 4 aliphatic rings. The largest absolute Gasteiger partial charge is 0.212 e. The normalized spacial score (nSPS) is 15.8. The molecular weight excluding hydrogens is 1220 g/mol. The van der Waals surface area contributed by atoms with Gasteiger partial charge < -0.3 is 0 Å². The highest BCUT2D eigenvalue weighted by molar-refractivity contribution is 5.71. The molecule has 0 atom stereocenters. The van der Waals surface area contributed by atoms with Crippen molar-refractivity contribution in [1.82, 2.24) is 0 Å². The molecule has 4 saturated carbocycles. The fourth-order valence-corrected chi connectivity index (χ4v) is 16.3. The average Bonchev–Trinajstić information content (AvgIpc) is 1.70. The number of benzene rings is 8. The standard InChI is InChI=1S/C25H28N.3C24H26N/c1-19-9-6-7-14-24(19)25-16-15-23(18-26(25)2)22-13-8-12-21(17-22)20-10-4-3-5-11-20;1-18-8-3-6-13-23(18)24-15-14-22(17-25(24)2)21-12-7-11-20(16-21)19-9-4-5-10-19;2*1-18-7-3-6-10-23(18)24-16-15-22(17-25(24)2)21-13-11-20(12-14-21)19-8-4-5-9-19/h6-9,12-18,20H,3-5,10-11H2,1-2H3;3,6-8,11-17,19H,4-5,9-10H2,1-2H3;2*3,6-7,10-17,19H,4-5,8-9H2,1-2H3/q4*+1/i;2*19D;. The Morgan fingerprint density at radius 3 is 0.871 bits per heavy atom. The molecule has 4 heteroatoms. The molecule has 8 aromatic carbocycles. The van der Waals surface area contributed by atoms with E-state index in [1.807, 2.05) is 0 Å². The minimum Gasteiger partial charge on any atom is -0.200 e. The van der Waals surface area contributed by atoms with Crippen LogP contribution in [0.2, 0.25) is 0 Å². The number of rotatable bonds is 12. The Morgan fingerprint density at radius 1 is 0.238 bits per heavy atom. The predicted octanol–water partition coefficient (Wildman–Crippen LogP) is 23.6. The Bertz CT molecular complexity index is 4870. The van der Waals surface area contributed by atoms with Crippen molar-refractivity contribution in [2.24, 2.45) is 28.2 Å². The van der Waals surface area contributed by atoms with Crippen LogP contribution in [0.3, 0.4) is 0 Å². The van der Waals surface area contributed by atoms with Crippen molar-refractivity contribution in [2.75, 3.05) is 0 Å². The second-order valence-corrected chi connectivity index (χ2v) is 29.3. The molecule has 0 amide bonds. The summed E-state index contributed by atoms with van der Waals surface area (Å²) in [5, 5.41) is 0. The van der Waals surface area contributed by atoms with Gasteiger partial charge in [-0.2, -0.15) is 0 Å². The van der Waals surface area contributed by atoms with Gasteiger partial charge in [-0.25, -0.2) is 18.3 Å². The van der Waals surface area contributed by atoms with Gasteiger partial charge >= 0.3 is 0 Å². The molecule has 0 bridgehead atoms. The molecule has 0 saturated heterocycles. The molecule has 4 nitrogen and oxygen atoms in total. The Morgan fingerprint density at radius 2 is 0.515 bits per heavy atom. The number of aromatic nitrogens is 4. The minimum absolute atomic E-state index is 0.363. The molecule has 4 heterocycles. The molecule has 0 aliphatic heterocycles. The lowest BCUT2D eigenvalue weighted by atomic mass is 9.83. The van der Waals surface area contributed by atoms with Crippen LogP contribution < -0.4 is 18.3 Å². The molecular formula is C97H106N4+4. The number of hydrogen-bond acceptors (Lipinski definition) is 0. The molecule has 0 spiro atoms. The molecule has 4 aromatic heterocycles. The maximum Gasteiger partial charge on any atom is 0.212 e. The summed E-state index contributed by atoms with van der Waals surface area (Å²) in [7, 11) is 8.50. The second kappa shape index (κ2) is 33.2. The monoisotopic (exact) mass is 1330 g/mol. The van der Waals surface area contributed by atoms with Crippen LogP contribution in [-0.2, 0) is 28.2 Å². The van der Waals surface area contributed by atoms with Crippen molar-refractivity contribution in [3.05, 3.63) is 312 Å². The van der Waals surface area contributed by atoms with E-state index in [1.165, 1.54) is 212 Å². The van der Waals surface area contributed by atoms with Crippen molar-refractivity contribution in [3.8, 4) is 89.5 Å². The first-order valence-corrected chi connectivity index (χ1v) is 37.7. The van der Waals surface area contributed by atoms with Gasteiger partial charge in [-0.3, -0.25) is 0 Å². The summed E-state index contributed by atoms with van der Waals surface area (Å²) in [5.41, 5.74) is 30.7. The minimum atomic E-state index is -0.390. The summed E-state index contributed by atoms with van der Waals surface area (Å²) in [6.45, 7) is 8.66. The van der Waals surface area contributed by atoms with Gasteiger partial charge in [0.25, 0.3) is 0 Å². The van der Waals surface area contributed by atoms with Crippen molar-refractivity contribution in [1.29, 1.82) is 0 Å². The molecule has 0 radical (unpaired) electrons. The Labute approximate surface area is 607 Å². The summed E-state index contributed by atoms with van der Waals surface area (Å²) < 4.78 is 26.4. The zero-order chi connectivity index (χ0) is 71.5. The lowest BCUT2D eigenvalue weighted by Gasteiger charge is -2.22. The molecule has 101 heavy (non-hydrogen) atoms. The van der Waals surface area contributed by atoms with Crippen LogP contribution in [-0.4, -0.2) is 0 Å². The van der Waals surface area contributed by atoms with Crippen molar-refractivity contribution >= 4 is 0 Å². The Balaban J connectivity index is 0.000000122. The van der Waals surface area contributed by atoms with Crippen LogP contribution >= 0.6 is 0 Å². The summed E-state index contributed by atoms with van der Waals surface area (Å²) in [6.07, 6.45) is 30.0. The second-order valence-electron chi connectivity index (χ2n) is 29.3. The maximum atomic E-state index is 8.79. The topological polar surface area (TPSA) is 15.5 Å². The first kappa shape index (κ1) is 67.2. The number of nitrogens with zero attached hydrogens (tertiary/aromatic N) is 4. The van der Waals surface area contributed by atoms with E-state index in [9.17, 15) is 0 Å². The van der Waals surface area contributed by atoms with E-state index in [0.29, 0.717) is 0 Å². The first-order chi connectivity index (χ1) is 50.1. The van der Waals surface area contributed by atoms with E-state index in [0.717, 1.165) is 43.1 Å². The lowest BCUT2D eigenvalue weighted by Crippen LogP contribution is -2.30. The fraction of sp³-hybridized carbons (Fsp3) is 0.299. The molecule has 4 fully saturated rings. The molecule has 0 unspecified atom stereocenters. The zero-order valence-electron chi connectivity index (χ0n) is 63.4. The van der Waals surface area contributed by atoms with Gasteiger partial charge in [0, 0.05) is 71.5 Å². The summed E-state index contributed by atoms with van der Waals surface area (Å²) >= 11 is 0. The van der Waals surface area contributed by atoms with Crippen LogP contribution in [0.25, 0.3) is 89.5 Å². The third-order valence-electron chi connectivity index (χ3n) is 22.2. The number of aryl methyl sites for hydroxylation is 8. The van der Waals surface area contributed by atoms with E-state index >= 15 is 0 Å². The highest BCUT2D eigenvalue weighted by Gasteiger charge is 2.24. The summed E-state index contributed by atoms with van der Waals surface area (Å²) in [6, 6.07) is 87.7. The van der Waals surface area contributed by atoms with Crippen molar-refractivity contribution in [3.63, 3.8) is 0 Å². The molecule has 0 N–H and O–H groups in total. The molecule has 510 valence electrons. The van der Waals surface area contributed by atoms with Crippen LogP contribution in [0.5, 0.6) is 0 Å². The van der Waals surface area contributed by atoms with Gasteiger partial charge in [-0.1, -0.05) is 228 Å². The van der Waals surface area contributed by atoms with Gasteiger partial charge in [0.15, 0.2) is 24.8 Å². The average molecular weight is 1330 g/mol. The van der Waals surface area contributed by atoms with Gasteiger partial charge in [0.1, 0.15) is 28.2 Å². The van der Waals surface area contributed by atoms with E-state index < -0.39 is 0 Å². The Kier molecular flexibility index (Phi) is 22.1. The molecule has 4 aliphatic carbocycles. The fourth-order valence-electron chi connectivity index (χ4n) is 16.3. The number of pyridine rings is 4. The lowest BCUT2D eigenvalue weighted by molar-refractivity contribution is -0.660. The van der Waals surface area contributed by atoms with Crippen molar-refractivity contribution < 1.29 is 21.0 Å². The zero-order valence-corrected chi connectivity index (χ0v) is 61.4. The van der Waals surface area contributed by atoms with E-state index in [1.54, 1.807) is 0 Å². The van der Waals surface area contributed by atoms with Gasteiger partial charge in [-0.15, -0.1) is 0 Å². The first-order valence-electron chi connectivity index (χ1n) is 38.7. The third-order valence-corrected chi connectivity index (χ3v) is 22.2.